The van der Waals surface area contributed by atoms with Crippen LogP contribution < -0.4 is 19.5 Å². The molecule has 136 valence electrons. The van der Waals surface area contributed by atoms with E-state index in [1.807, 2.05) is 41.2 Å². The van der Waals surface area contributed by atoms with Gasteiger partial charge < -0.3 is 19.5 Å². The lowest BCUT2D eigenvalue weighted by Gasteiger charge is -2.15. The van der Waals surface area contributed by atoms with Crippen molar-refractivity contribution in [3.63, 3.8) is 0 Å². The Hall–Kier alpha value is -2.99. The third-order valence-electron chi connectivity index (χ3n) is 4.11. The Bertz CT molecular complexity index is 822. The van der Waals surface area contributed by atoms with Gasteiger partial charge in [-0.25, -0.2) is 4.68 Å². The second-order valence-electron chi connectivity index (χ2n) is 5.72. The first-order valence-electron chi connectivity index (χ1n) is 8.34. The minimum atomic E-state index is 0.600. The van der Waals surface area contributed by atoms with Gasteiger partial charge in [-0.15, -0.1) is 0 Å². The first-order valence-corrected chi connectivity index (χ1v) is 8.34. The molecule has 1 aromatic heterocycles. The van der Waals surface area contributed by atoms with E-state index in [9.17, 15) is 0 Å². The lowest BCUT2D eigenvalue weighted by molar-refractivity contribution is 0.323. The van der Waals surface area contributed by atoms with E-state index in [-0.39, 0.29) is 0 Å². The van der Waals surface area contributed by atoms with Crippen LogP contribution in [0.25, 0.3) is 5.69 Å². The van der Waals surface area contributed by atoms with E-state index in [0.717, 1.165) is 11.3 Å². The highest BCUT2D eigenvalue weighted by Gasteiger charge is 2.13. The van der Waals surface area contributed by atoms with Gasteiger partial charge >= 0.3 is 0 Å². The third-order valence-corrected chi connectivity index (χ3v) is 4.11. The number of hydrogen-bond donors (Lipinski definition) is 1. The van der Waals surface area contributed by atoms with E-state index in [4.69, 9.17) is 14.2 Å². The van der Waals surface area contributed by atoms with Crippen LogP contribution in [0, 0.1) is 0 Å². The SMILES string of the molecule is COc1cc(CNCc2ccccc2-n2cccn2)cc(OC)c1OC. The molecule has 0 radical (unpaired) electrons. The molecule has 0 saturated heterocycles. The predicted molar refractivity (Wildman–Crippen MR) is 100 cm³/mol. The average molecular weight is 353 g/mol. The minimum Gasteiger partial charge on any atom is -0.493 e. The van der Waals surface area contributed by atoms with Crippen LogP contribution in [-0.2, 0) is 13.1 Å². The summed E-state index contributed by atoms with van der Waals surface area (Å²) in [6.45, 7) is 1.39. The van der Waals surface area contributed by atoms with Gasteiger partial charge in [0.1, 0.15) is 0 Å². The Morgan fingerprint density at radius 1 is 0.923 bits per heavy atom. The topological polar surface area (TPSA) is 57.5 Å². The molecule has 0 amide bonds. The van der Waals surface area contributed by atoms with Crippen molar-refractivity contribution in [2.24, 2.45) is 0 Å². The lowest BCUT2D eigenvalue weighted by Crippen LogP contribution is -2.15. The monoisotopic (exact) mass is 353 g/mol. The van der Waals surface area contributed by atoms with Gasteiger partial charge in [-0.05, 0) is 35.4 Å². The molecule has 0 fully saturated rings. The number of nitrogens with zero attached hydrogens (tertiary/aromatic N) is 2. The summed E-state index contributed by atoms with van der Waals surface area (Å²) in [5.74, 6) is 1.91. The van der Waals surface area contributed by atoms with E-state index in [1.165, 1.54) is 5.56 Å². The Morgan fingerprint density at radius 3 is 2.27 bits per heavy atom. The molecule has 0 aliphatic heterocycles. The van der Waals surface area contributed by atoms with E-state index in [2.05, 4.69) is 22.5 Å². The number of rotatable bonds is 8. The summed E-state index contributed by atoms with van der Waals surface area (Å²) < 4.78 is 18.1. The molecule has 2 aromatic carbocycles. The van der Waals surface area contributed by atoms with Crippen molar-refractivity contribution in [3.05, 3.63) is 66.0 Å². The van der Waals surface area contributed by atoms with Crippen LogP contribution in [0.2, 0.25) is 0 Å². The van der Waals surface area contributed by atoms with Crippen LogP contribution >= 0.6 is 0 Å². The van der Waals surface area contributed by atoms with Gasteiger partial charge in [0.05, 0.1) is 27.0 Å². The molecule has 0 bridgehead atoms. The molecule has 6 nitrogen and oxygen atoms in total. The molecule has 0 aliphatic carbocycles. The number of para-hydroxylation sites is 1. The van der Waals surface area contributed by atoms with Gasteiger partial charge in [-0.1, -0.05) is 18.2 Å². The number of nitrogens with one attached hydrogen (secondary N) is 1. The fraction of sp³-hybridized carbons (Fsp3) is 0.250. The maximum Gasteiger partial charge on any atom is 0.203 e. The summed E-state index contributed by atoms with van der Waals surface area (Å²) >= 11 is 0. The molecule has 0 atom stereocenters. The first-order chi connectivity index (χ1) is 12.8. The van der Waals surface area contributed by atoms with Crippen LogP contribution in [0.1, 0.15) is 11.1 Å². The molecule has 0 saturated carbocycles. The van der Waals surface area contributed by atoms with E-state index in [1.54, 1.807) is 27.5 Å². The summed E-state index contributed by atoms with van der Waals surface area (Å²) in [6.07, 6.45) is 3.72. The van der Waals surface area contributed by atoms with Gasteiger partial charge in [0.2, 0.25) is 5.75 Å². The van der Waals surface area contributed by atoms with Gasteiger partial charge in [-0.2, -0.15) is 5.10 Å². The number of methoxy groups -OCH3 is 3. The quantitative estimate of drug-likeness (QED) is 0.674. The van der Waals surface area contributed by atoms with Crippen LogP contribution in [0.15, 0.2) is 54.9 Å². The van der Waals surface area contributed by atoms with Crippen molar-refractivity contribution in [1.29, 1.82) is 0 Å². The second kappa shape index (κ2) is 8.40. The summed E-state index contributed by atoms with van der Waals surface area (Å²) in [4.78, 5) is 0. The maximum atomic E-state index is 5.41. The zero-order chi connectivity index (χ0) is 18.4. The van der Waals surface area contributed by atoms with Crippen LogP contribution in [-0.4, -0.2) is 31.1 Å². The fourth-order valence-corrected chi connectivity index (χ4v) is 2.87. The second-order valence-corrected chi connectivity index (χ2v) is 5.72. The highest BCUT2D eigenvalue weighted by Crippen LogP contribution is 2.38. The summed E-state index contributed by atoms with van der Waals surface area (Å²) in [7, 11) is 4.84. The Labute approximate surface area is 153 Å². The molecular weight excluding hydrogens is 330 g/mol. The molecule has 1 heterocycles. The molecule has 26 heavy (non-hydrogen) atoms. The highest BCUT2D eigenvalue weighted by atomic mass is 16.5. The van der Waals surface area contributed by atoms with Gasteiger partial charge in [0.25, 0.3) is 0 Å². The fourth-order valence-electron chi connectivity index (χ4n) is 2.87. The molecule has 1 N–H and O–H groups in total. The molecule has 0 aliphatic rings. The predicted octanol–water partition coefficient (Wildman–Crippen LogP) is 3.19. The standard InChI is InChI=1S/C20H23N3O3/c1-24-18-11-15(12-19(25-2)20(18)26-3)13-21-14-16-7-4-5-8-17(16)23-10-6-9-22-23/h4-12,21H,13-14H2,1-3H3. The summed E-state index contributed by atoms with van der Waals surface area (Å²) in [6, 6.07) is 14.0. The number of ether oxygens (including phenoxy) is 3. The van der Waals surface area contributed by atoms with Crippen molar-refractivity contribution in [3.8, 4) is 22.9 Å². The van der Waals surface area contributed by atoms with Crippen molar-refractivity contribution < 1.29 is 14.2 Å². The van der Waals surface area contributed by atoms with Crippen LogP contribution in [0.3, 0.4) is 0 Å². The van der Waals surface area contributed by atoms with Gasteiger partial charge in [0.15, 0.2) is 11.5 Å². The van der Waals surface area contributed by atoms with E-state index < -0.39 is 0 Å². The maximum absolute atomic E-state index is 5.41. The van der Waals surface area contributed by atoms with E-state index in [0.29, 0.717) is 30.3 Å². The summed E-state index contributed by atoms with van der Waals surface area (Å²) in [5.41, 5.74) is 3.29. The minimum absolute atomic E-state index is 0.600. The molecule has 6 heteroatoms. The first kappa shape index (κ1) is 17.8. The number of aromatic nitrogens is 2. The van der Waals surface area contributed by atoms with Crippen molar-refractivity contribution >= 4 is 0 Å². The zero-order valence-electron chi connectivity index (χ0n) is 15.2. The highest BCUT2D eigenvalue weighted by molar-refractivity contribution is 5.53. The Morgan fingerprint density at radius 2 is 1.65 bits per heavy atom. The number of hydrogen-bond acceptors (Lipinski definition) is 5. The van der Waals surface area contributed by atoms with E-state index >= 15 is 0 Å². The molecule has 0 spiro atoms. The smallest absolute Gasteiger partial charge is 0.203 e. The van der Waals surface area contributed by atoms with Crippen LogP contribution in [0.4, 0.5) is 0 Å². The van der Waals surface area contributed by atoms with Crippen molar-refractivity contribution in [1.82, 2.24) is 15.1 Å². The Kier molecular flexibility index (Phi) is 5.76. The van der Waals surface area contributed by atoms with Crippen LogP contribution in [0.5, 0.6) is 17.2 Å². The van der Waals surface area contributed by atoms with Crippen molar-refractivity contribution in [2.45, 2.75) is 13.1 Å². The molecule has 3 aromatic rings. The molecule has 3 rings (SSSR count). The van der Waals surface area contributed by atoms with Gasteiger partial charge in [0, 0.05) is 25.5 Å². The zero-order valence-corrected chi connectivity index (χ0v) is 15.2. The largest absolute Gasteiger partial charge is 0.493 e. The molecular formula is C20H23N3O3. The van der Waals surface area contributed by atoms with Gasteiger partial charge in [-0.3, -0.25) is 0 Å². The lowest BCUT2D eigenvalue weighted by atomic mass is 10.1. The normalized spacial score (nSPS) is 10.6. The average Bonchev–Trinajstić information content (AvgIpc) is 3.22. The molecule has 0 unspecified atom stereocenters. The number of benzene rings is 2. The third kappa shape index (κ3) is 3.81. The summed E-state index contributed by atoms with van der Waals surface area (Å²) in [5, 5.41) is 7.79. The van der Waals surface area contributed by atoms with Crippen molar-refractivity contribution in [2.75, 3.05) is 21.3 Å². The Balaban J connectivity index is 1.73.